The zero-order chi connectivity index (χ0) is 19.8. The van der Waals surface area contributed by atoms with Crippen LogP contribution in [-0.4, -0.2) is 30.1 Å². The number of rotatable bonds is 4. The molecule has 2 aromatic rings. The van der Waals surface area contributed by atoms with Gasteiger partial charge in [0.2, 0.25) is 15.4 Å². The summed E-state index contributed by atoms with van der Waals surface area (Å²) < 4.78 is 34.8. The highest BCUT2D eigenvalue weighted by Gasteiger charge is 2.43. The van der Waals surface area contributed by atoms with Gasteiger partial charge in [-0.1, -0.05) is 36.0 Å². The van der Waals surface area contributed by atoms with E-state index in [0.717, 1.165) is 48.3 Å². The molecule has 1 atom stereocenters. The Hall–Kier alpha value is -2.04. The summed E-state index contributed by atoms with van der Waals surface area (Å²) in [6.45, 7) is 1.33. The van der Waals surface area contributed by atoms with E-state index in [1.54, 1.807) is 0 Å². The van der Waals surface area contributed by atoms with Crippen molar-refractivity contribution in [1.29, 1.82) is 0 Å². The van der Waals surface area contributed by atoms with Gasteiger partial charge in [-0.3, -0.25) is 4.79 Å². The monoisotopic (exact) mass is 422 g/mol. The van der Waals surface area contributed by atoms with Crippen LogP contribution in [0.15, 0.2) is 28.6 Å². The largest absolute Gasteiger partial charge is 0.487 e. The van der Waals surface area contributed by atoms with Crippen LogP contribution in [-0.2, 0) is 14.8 Å². The van der Waals surface area contributed by atoms with Gasteiger partial charge >= 0.3 is 0 Å². The van der Waals surface area contributed by atoms with Gasteiger partial charge in [0.25, 0.3) is 10.0 Å². The SMILES string of the molecule is CC(=O)Nc1nnc(S(=O)(=O)N[C@H]2CC3(CCCCC3)Oc3ccccc32)s1. The van der Waals surface area contributed by atoms with Gasteiger partial charge in [-0.25, -0.2) is 13.1 Å². The van der Waals surface area contributed by atoms with Crippen molar-refractivity contribution in [3.63, 3.8) is 0 Å². The van der Waals surface area contributed by atoms with Crippen molar-refractivity contribution in [2.75, 3.05) is 5.32 Å². The Balaban J connectivity index is 1.62. The van der Waals surface area contributed by atoms with Crippen molar-refractivity contribution >= 4 is 32.4 Å². The molecule has 4 rings (SSSR count). The number of carbonyl (C=O) groups is 1. The van der Waals surface area contributed by atoms with Gasteiger partial charge in [-0.05, 0) is 31.7 Å². The number of benzene rings is 1. The average Bonchev–Trinajstić information content (AvgIpc) is 3.11. The maximum Gasteiger partial charge on any atom is 0.270 e. The Labute approximate surface area is 167 Å². The third-order valence-corrected chi connectivity index (χ3v) is 7.86. The van der Waals surface area contributed by atoms with Crippen molar-refractivity contribution < 1.29 is 17.9 Å². The molecule has 2 N–H and O–H groups in total. The quantitative estimate of drug-likeness (QED) is 0.733. The summed E-state index contributed by atoms with van der Waals surface area (Å²) >= 11 is 0.829. The van der Waals surface area contributed by atoms with E-state index in [2.05, 4.69) is 20.2 Å². The number of aromatic nitrogens is 2. The number of anilines is 1. The van der Waals surface area contributed by atoms with E-state index < -0.39 is 16.1 Å². The molecule has 1 aromatic carbocycles. The highest BCUT2D eigenvalue weighted by molar-refractivity contribution is 7.91. The summed E-state index contributed by atoms with van der Waals surface area (Å²) in [4.78, 5) is 11.1. The molecule has 0 saturated heterocycles. The maximum atomic E-state index is 12.9. The molecule has 1 saturated carbocycles. The minimum atomic E-state index is -3.88. The highest BCUT2D eigenvalue weighted by atomic mass is 32.2. The smallest absolute Gasteiger partial charge is 0.270 e. The number of amides is 1. The minimum absolute atomic E-state index is 0.156. The lowest BCUT2D eigenvalue weighted by Crippen LogP contribution is -2.46. The molecule has 1 aromatic heterocycles. The number of ether oxygens (including phenoxy) is 1. The Morgan fingerprint density at radius 3 is 2.71 bits per heavy atom. The summed E-state index contributed by atoms with van der Waals surface area (Å²) in [6, 6.07) is 7.16. The molecule has 28 heavy (non-hydrogen) atoms. The van der Waals surface area contributed by atoms with Gasteiger partial charge < -0.3 is 10.1 Å². The lowest BCUT2D eigenvalue weighted by molar-refractivity contribution is -0.114. The second-order valence-electron chi connectivity index (χ2n) is 7.32. The first-order valence-electron chi connectivity index (χ1n) is 9.28. The summed E-state index contributed by atoms with van der Waals surface area (Å²) in [5.74, 6) is 0.408. The van der Waals surface area contributed by atoms with E-state index in [0.29, 0.717) is 6.42 Å². The van der Waals surface area contributed by atoms with Crippen LogP contribution < -0.4 is 14.8 Å². The van der Waals surface area contributed by atoms with Crippen LogP contribution in [0.5, 0.6) is 5.75 Å². The van der Waals surface area contributed by atoms with E-state index in [1.807, 2.05) is 24.3 Å². The summed E-state index contributed by atoms with van der Waals surface area (Å²) in [5, 5.41) is 10.1. The van der Waals surface area contributed by atoms with Crippen molar-refractivity contribution in [3.05, 3.63) is 29.8 Å². The predicted molar refractivity (Wildman–Crippen MR) is 105 cm³/mol. The number of hydrogen-bond donors (Lipinski definition) is 2. The fourth-order valence-corrected chi connectivity index (χ4v) is 6.16. The Kier molecular flexibility index (Phi) is 5.11. The van der Waals surface area contributed by atoms with Gasteiger partial charge in [0.15, 0.2) is 0 Å². The van der Waals surface area contributed by atoms with Crippen LogP contribution in [0.25, 0.3) is 0 Å². The molecule has 2 aliphatic rings. The number of nitrogens with one attached hydrogen (secondary N) is 2. The zero-order valence-corrected chi connectivity index (χ0v) is 17.1. The van der Waals surface area contributed by atoms with Gasteiger partial charge in [0.05, 0.1) is 6.04 Å². The van der Waals surface area contributed by atoms with Gasteiger partial charge in [-0.15, -0.1) is 10.2 Å². The normalized spacial score (nSPS) is 21.0. The van der Waals surface area contributed by atoms with E-state index >= 15 is 0 Å². The van der Waals surface area contributed by atoms with E-state index in [4.69, 9.17) is 4.74 Å². The first kappa shape index (κ1) is 19.3. The van der Waals surface area contributed by atoms with Gasteiger partial charge in [-0.2, -0.15) is 0 Å². The molecule has 1 aliphatic carbocycles. The molecule has 1 fully saturated rings. The van der Waals surface area contributed by atoms with Crippen molar-refractivity contribution in [2.45, 2.75) is 61.4 Å². The third-order valence-electron chi connectivity index (χ3n) is 5.18. The summed E-state index contributed by atoms with van der Waals surface area (Å²) in [6.07, 6.45) is 5.77. The third kappa shape index (κ3) is 3.89. The molecule has 8 nitrogen and oxygen atoms in total. The standard InChI is InChI=1S/C18H22N4O4S2/c1-12(23)19-16-20-21-17(27-16)28(24,25)22-14-11-18(9-5-2-6-10-18)26-15-8-4-3-7-13(14)15/h3-4,7-8,14,22H,2,5-6,9-11H2,1H3,(H,19,20,23)/t14-/m0/s1. The van der Waals surface area contributed by atoms with Crippen molar-refractivity contribution in [1.82, 2.24) is 14.9 Å². The number of carbonyl (C=O) groups excluding carboxylic acids is 1. The number of fused-ring (bicyclic) bond motifs is 1. The lowest BCUT2D eigenvalue weighted by atomic mass is 9.77. The van der Waals surface area contributed by atoms with Crippen LogP contribution in [0.2, 0.25) is 0 Å². The Morgan fingerprint density at radius 1 is 1.21 bits per heavy atom. The van der Waals surface area contributed by atoms with Crippen LogP contribution in [0.4, 0.5) is 5.13 Å². The summed E-state index contributed by atoms with van der Waals surface area (Å²) in [5.41, 5.74) is 0.497. The first-order chi connectivity index (χ1) is 13.4. The zero-order valence-electron chi connectivity index (χ0n) is 15.5. The molecule has 150 valence electrons. The molecular weight excluding hydrogens is 400 g/mol. The van der Waals surface area contributed by atoms with Crippen LogP contribution >= 0.6 is 11.3 Å². The number of para-hydroxylation sites is 1. The highest BCUT2D eigenvalue weighted by Crippen LogP contribution is 2.46. The van der Waals surface area contributed by atoms with Gasteiger partial charge in [0.1, 0.15) is 11.4 Å². The fraction of sp³-hybridized carbons (Fsp3) is 0.500. The van der Waals surface area contributed by atoms with Crippen LogP contribution in [0.3, 0.4) is 0 Å². The predicted octanol–water partition coefficient (Wildman–Crippen LogP) is 3.00. The van der Waals surface area contributed by atoms with Crippen molar-refractivity contribution in [3.8, 4) is 5.75 Å². The van der Waals surface area contributed by atoms with E-state index in [-0.39, 0.29) is 21.0 Å². The molecule has 0 bridgehead atoms. The number of hydrogen-bond acceptors (Lipinski definition) is 7. The number of sulfonamides is 1. The minimum Gasteiger partial charge on any atom is -0.487 e. The fourth-order valence-electron chi connectivity index (χ4n) is 3.98. The lowest BCUT2D eigenvalue weighted by Gasteiger charge is -2.44. The van der Waals surface area contributed by atoms with Crippen molar-refractivity contribution in [2.24, 2.45) is 0 Å². The molecule has 10 heteroatoms. The molecule has 2 heterocycles. The van der Waals surface area contributed by atoms with Crippen LogP contribution in [0, 0.1) is 0 Å². The maximum absolute atomic E-state index is 12.9. The second-order valence-corrected chi connectivity index (χ2v) is 10.2. The summed E-state index contributed by atoms with van der Waals surface area (Å²) in [7, 11) is -3.88. The molecule has 1 amide bonds. The molecule has 1 aliphatic heterocycles. The molecule has 1 spiro atoms. The molecule has 0 radical (unpaired) electrons. The first-order valence-corrected chi connectivity index (χ1v) is 11.6. The molecule has 0 unspecified atom stereocenters. The van der Waals surface area contributed by atoms with Gasteiger partial charge in [0, 0.05) is 18.9 Å². The Morgan fingerprint density at radius 2 is 1.96 bits per heavy atom. The Bertz CT molecular complexity index is 983. The average molecular weight is 423 g/mol. The van der Waals surface area contributed by atoms with E-state index in [1.165, 1.54) is 13.3 Å². The van der Waals surface area contributed by atoms with Crippen LogP contribution in [0.1, 0.15) is 57.1 Å². The molecular formula is C18H22N4O4S2. The number of nitrogens with zero attached hydrogens (tertiary/aromatic N) is 2. The van der Waals surface area contributed by atoms with E-state index in [9.17, 15) is 13.2 Å². The second kappa shape index (κ2) is 7.41. The topological polar surface area (TPSA) is 110 Å².